The van der Waals surface area contributed by atoms with Crippen LogP contribution in [0, 0.1) is 3.57 Å². The van der Waals surface area contributed by atoms with Gasteiger partial charge in [0.25, 0.3) is 5.91 Å². The second-order valence-corrected chi connectivity index (χ2v) is 10.6. The maximum Gasteiger partial charge on any atom is 0.343 e. The fourth-order valence-corrected chi connectivity index (χ4v) is 5.64. The maximum atomic E-state index is 12.6. The Morgan fingerprint density at radius 2 is 1.89 bits per heavy atom. The third kappa shape index (κ3) is 6.53. The summed E-state index contributed by atoms with van der Waals surface area (Å²) < 4.78 is 18.7. The van der Waals surface area contributed by atoms with Crippen LogP contribution in [0.4, 0.5) is 0 Å². The monoisotopic (exact) mass is 633 g/mol. The first kappa shape index (κ1) is 25.9. The quantitative estimate of drug-likeness (QED) is 0.0660. The number of nitrogens with zero attached hydrogens (tertiary/aromatic N) is 2. The van der Waals surface area contributed by atoms with Gasteiger partial charge in [-0.05, 0) is 76.7 Å². The lowest BCUT2D eigenvalue weighted by molar-refractivity contribution is -0.118. The van der Waals surface area contributed by atoms with Crippen molar-refractivity contribution in [2.45, 2.75) is 4.34 Å². The van der Waals surface area contributed by atoms with Gasteiger partial charge >= 0.3 is 5.97 Å². The molecule has 1 aromatic heterocycles. The van der Waals surface area contributed by atoms with Crippen molar-refractivity contribution in [3.63, 3.8) is 0 Å². The average molecular weight is 633 g/mol. The van der Waals surface area contributed by atoms with Gasteiger partial charge in [-0.3, -0.25) is 4.79 Å². The number of thioether (sulfide) groups is 1. The first-order valence-corrected chi connectivity index (χ1v) is 13.4. The van der Waals surface area contributed by atoms with E-state index in [4.69, 9.17) is 14.2 Å². The number of para-hydroxylation sites is 1. The molecule has 0 aliphatic heterocycles. The van der Waals surface area contributed by atoms with Gasteiger partial charge in [0.1, 0.15) is 5.75 Å². The molecule has 0 bridgehead atoms. The summed E-state index contributed by atoms with van der Waals surface area (Å²) in [7, 11) is 3.04. The van der Waals surface area contributed by atoms with Crippen LogP contribution in [-0.4, -0.2) is 43.0 Å². The van der Waals surface area contributed by atoms with E-state index in [0.29, 0.717) is 31.9 Å². The van der Waals surface area contributed by atoms with E-state index < -0.39 is 5.97 Å². The van der Waals surface area contributed by atoms with Crippen LogP contribution >= 0.6 is 45.7 Å². The number of halogens is 1. The van der Waals surface area contributed by atoms with E-state index in [0.717, 1.165) is 14.6 Å². The van der Waals surface area contributed by atoms with Gasteiger partial charge in [-0.1, -0.05) is 23.9 Å². The van der Waals surface area contributed by atoms with E-state index in [-0.39, 0.29) is 11.7 Å². The van der Waals surface area contributed by atoms with E-state index >= 15 is 0 Å². The third-order valence-corrected chi connectivity index (χ3v) is 7.76. The molecule has 4 aromatic rings. The predicted octanol–water partition coefficient (Wildman–Crippen LogP) is 5.38. The number of amides is 1. The lowest BCUT2D eigenvalue weighted by Gasteiger charge is -2.12. The number of aromatic nitrogens is 1. The van der Waals surface area contributed by atoms with Crippen LogP contribution in [0.1, 0.15) is 15.9 Å². The molecule has 0 saturated carbocycles. The maximum absolute atomic E-state index is 12.6. The third-order valence-electron chi connectivity index (χ3n) is 4.78. The smallest absolute Gasteiger partial charge is 0.343 e. The molecule has 0 aliphatic rings. The van der Waals surface area contributed by atoms with Gasteiger partial charge in [-0.15, -0.1) is 11.3 Å². The molecule has 36 heavy (non-hydrogen) atoms. The van der Waals surface area contributed by atoms with Crippen LogP contribution in [0.25, 0.3) is 10.2 Å². The fourth-order valence-electron chi connectivity index (χ4n) is 3.04. The number of hydrogen-bond donors (Lipinski definition) is 1. The molecule has 1 heterocycles. The number of hydrazone groups is 1. The number of ether oxygens (including phenoxy) is 3. The van der Waals surface area contributed by atoms with E-state index in [1.165, 1.54) is 25.1 Å². The Hall–Kier alpha value is -3.16. The van der Waals surface area contributed by atoms with Gasteiger partial charge in [0, 0.05) is 0 Å². The van der Waals surface area contributed by atoms with Crippen LogP contribution < -0.4 is 19.6 Å². The largest absolute Gasteiger partial charge is 0.497 e. The van der Waals surface area contributed by atoms with E-state index in [9.17, 15) is 9.59 Å². The zero-order chi connectivity index (χ0) is 25.5. The molecule has 0 unspecified atom stereocenters. The molecule has 0 fully saturated rings. The Kier molecular flexibility index (Phi) is 8.78. The number of carbonyl (C=O) groups is 2. The SMILES string of the molecule is COc1ccc(C(=O)Oc2c(I)cc(/C=N\NC(=O)CSc3nc4ccccc4s3)cc2OC)cc1. The van der Waals surface area contributed by atoms with Crippen molar-refractivity contribution < 1.29 is 23.8 Å². The Morgan fingerprint density at radius 1 is 1.11 bits per heavy atom. The summed E-state index contributed by atoms with van der Waals surface area (Å²) in [6.45, 7) is 0. The Bertz CT molecular complexity index is 1390. The van der Waals surface area contributed by atoms with Crippen molar-refractivity contribution in [1.29, 1.82) is 0 Å². The highest BCUT2D eigenvalue weighted by Gasteiger charge is 2.17. The zero-order valence-electron chi connectivity index (χ0n) is 19.2. The number of methoxy groups -OCH3 is 2. The van der Waals surface area contributed by atoms with Crippen molar-refractivity contribution in [3.05, 3.63) is 75.4 Å². The number of nitrogens with one attached hydrogen (secondary N) is 1. The Morgan fingerprint density at radius 3 is 2.61 bits per heavy atom. The molecule has 4 rings (SSSR count). The molecule has 1 N–H and O–H groups in total. The summed E-state index contributed by atoms with van der Waals surface area (Å²) in [5.74, 6) is 0.730. The lowest BCUT2D eigenvalue weighted by Crippen LogP contribution is -2.19. The molecule has 0 aliphatic carbocycles. The summed E-state index contributed by atoms with van der Waals surface area (Å²) in [6.07, 6.45) is 1.50. The molecule has 184 valence electrons. The standard InChI is InChI=1S/C25H20IN3O5S2/c1-32-17-9-7-16(8-10-17)24(31)34-23-18(26)11-15(12-20(23)33-2)13-27-29-22(30)14-35-25-28-19-5-3-4-6-21(19)36-25/h3-13H,14H2,1-2H3,(H,29,30)/b27-13-. The molecule has 8 nitrogen and oxygen atoms in total. The predicted molar refractivity (Wildman–Crippen MR) is 150 cm³/mol. The van der Waals surface area contributed by atoms with Gasteiger partial charge in [0.15, 0.2) is 15.8 Å². The highest BCUT2D eigenvalue weighted by atomic mass is 127. The van der Waals surface area contributed by atoms with E-state index in [2.05, 4.69) is 38.1 Å². The van der Waals surface area contributed by atoms with Crippen LogP contribution in [-0.2, 0) is 4.79 Å². The van der Waals surface area contributed by atoms with Crippen molar-refractivity contribution in [2.75, 3.05) is 20.0 Å². The van der Waals surface area contributed by atoms with Gasteiger partial charge < -0.3 is 14.2 Å². The molecule has 0 atom stereocenters. The Labute approximate surface area is 229 Å². The van der Waals surface area contributed by atoms with Gasteiger partial charge in [0.2, 0.25) is 0 Å². The van der Waals surface area contributed by atoms with E-state index in [1.54, 1.807) is 54.8 Å². The van der Waals surface area contributed by atoms with Gasteiger partial charge in [-0.25, -0.2) is 15.2 Å². The second kappa shape index (κ2) is 12.2. The van der Waals surface area contributed by atoms with Gasteiger partial charge in [0.05, 0.1) is 45.5 Å². The number of hydrogen-bond acceptors (Lipinski definition) is 9. The molecule has 0 spiro atoms. The number of esters is 1. The fraction of sp³-hybridized carbons (Fsp3) is 0.120. The van der Waals surface area contributed by atoms with Crippen LogP contribution in [0.2, 0.25) is 0 Å². The number of thiazole rings is 1. The van der Waals surface area contributed by atoms with Crippen molar-refractivity contribution in [3.8, 4) is 17.2 Å². The minimum Gasteiger partial charge on any atom is -0.497 e. The number of rotatable bonds is 9. The first-order chi connectivity index (χ1) is 17.5. The zero-order valence-corrected chi connectivity index (χ0v) is 23.0. The lowest BCUT2D eigenvalue weighted by atomic mass is 10.2. The normalized spacial score (nSPS) is 11.0. The van der Waals surface area contributed by atoms with Gasteiger partial charge in [-0.2, -0.15) is 5.10 Å². The molecule has 0 radical (unpaired) electrons. The highest BCUT2D eigenvalue weighted by Crippen LogP contribution is 2.34. The number of carbonyl (C=O) groups excluding carboxylic acids is 2. The van der Waals surface area contributed by atoms with Crippen molar-refractivity contribution in [2.24, 2.45) is 5.10 Å². The van der Waals surface area contributed by atoms with E-state index in [1.807, 2.05) is 24.3 Å². The molecule has 1 amide bonds. The molecular formula is C25H20IN3O5S2. The molecule has 3 aromatic carbocycles. The molecular weight excluding hydrogens is 613 g/mol. The summed E-state index contributed by atoms with van der Waals surface area (Å²) in [5.41, 5.74) is 4.49. The average Bonchev–Trinajstić information content (AvgIpc) is 3.32. The first-order valence-electron chi connectivity index (χ1n) is 10.5. The summed E-state index contributed by atoms with van der Waals surface area (Å²) >= 11 is 4.96. The van der Waals surface area contributed by atoms with Crippen LogP contribution in [0.15, 0.2) is 70.1 Å². The summed E-state index contributed by atoms with van der Waals surface area (Å²) in [6, 6.07) is 17.9. The number of fused-ring (bicyclic) bond motifs is 1. The topological polar surface area (TPSA) is 99.1 Å². The summed E-state index contributed by atoms with van der Waals surface area (Å²) in [5, 5.41) is 4.03. The van der Waals surface area contributed by atoms with Crippen LogP contribution in [0.5, 0.6) is 17.2 Å². The number of benzene rings is 3. The summed E-state index contributed by atoms with van der Waals surface area (Å²) in [4.78, 5) is 29.3. The minimum atomic E-state index is -0.520. The van der Waals surface area contributed by atoms with Crippen molar-refractivity contribution in [1.82, 2.24) is 10.4 Å². The second-order valence-electron chi connectivity index (χ2n) is 7.18. The Balaban J connectivity index is 1.36. The minimum absolute atomic E-state index is 0.193. The molecule has 11 heteroatoms. The molecule has 0 saturated heterocycles. The van der Waals surface area contributed by atoms with Crippen molar-refractivity contribution >= 4 is 74.0 Å². The van der Waals surface area contributed by atoms with Crippen LogP contribution in [0.3, 0.4) is 0 Å². The highest BCUT2D eigenvalue weighted by molar-refractivity contribution is 14.1.